The highest BCUT2D eigenvalue weighted by Crippen LogP contribution is 2.26. The van der Waals surface area contributed by atoms with Gasteiger partial charge in [0.15, 0.2) is 5.78 Å². The van der Waals surface area contributed by atoms with Crippen LogP contribution in [0.5, 0.6) is 0 Å². The van der Waals surface area contributed by atoms with E-state index in [0.717, 1.165) is 11.1 Å². The number of rotatable bonds is 4. The molecule has 1 aromatic heterocycles. The molecule has 0 bridgehead atoms. The summed E-state index contributed by atoms with van der Waals surface area (Å²) < 4.78 is 1.76. The summed E-state index contributed by atoms with van der Waals surface area (Å²) in [5.74, 6) is 0.280. The van der Waals surface area contributed by atoms with Crippen LogP contribution in [0.3, 0.4) is 0 Å². The van der Waals surface area contributed by atoms with Crippen LogP contribution in [-0.2, 0) is 7.05 Å². The average molecular weight is 333 g/mol. The van der Waals surface area contributed by atoms with Crippen molar-refractivity contribution in [1.82, 2.24) is 9.55 Å². The van der Waals surface area contributed by atoms with E-state index in [0.29, 0.717) is 22.6 Å². The number of Topliss-reactive ketones (excluding diaryl/α,β-unsaturated/α-hetero) is 1. The van der Waals surface area contributed by atoms with E-state index in [1.807, 2.05) is 44.3 Å². The fraction of sp³-hybridized carbons (Fsp3) is 0.150. The quantitative estimate of drug-likeness (QED) is 0.738. The molecular weight excluding hydrogens is 314 g/mol. The smallest absolute Gasteiger partial charge is 0.256 e. The average Bonchev–Trinajstić information content (AvgIpc) is 2.96. The van der Waals surface area contributed by atoms with Gasteiger partial charge in [-0.3, -0.25) is 9.59 Å². The lowest BCUT2D eigenvalue weighted by atomic mass is 10.0. The van der Waals surface area contributed by atoms with Gasteiger partial charge in [0.2, 0.25) is 0 Å². The maximum atomic E-state index is 12.7. The molecule has 5 nitrogen and oxygen atoms in total. The lowest BCUT2D eigenvalue weighted by Gasteiger charge is -2.10. The second-order valence-corrected chi connectivity index (χ2v) is 5.96. The molecule has 25 heavy (non-hydrogen) atoms. The molecule has 1 heterocycles. The molecule has 0 saturated carbocycles. The van der Waals surface area contributed by atoms with Crippen LogP contribution in [0.25, 0.3) is 11.3 Å². The maximum absolute atomic E-state index is 12.7. The van der Waals surface area contributed by atoms with Crippen molar-refractivity contribution in [3.05, 3.63) is 71.5 Å². The molecule has 0 aliphatic carbocycles. The van der Waals surface area contributed by atoms with Crippen LogP contribution in [0.1, 0.15) is 33.2 Å². The van der Waals surface area contributed by atoms with Gasteiger partial charge in [-0.25, -0.2) is 4.98 Å². The van der Waals surface area contributed by atoms with Crippen LogP contribution in [0.15, 0.2) is 54.9 Å². The van der Waals surface area contributed by atoms with Crippen molar-refractivity contribution in [3.63, 3.8) is 0 Å². The molecule has 3 aromatic rings. The fourth-order valence-corrected chi connectivity index (χ4v) is 2.71. The molecule has 126 valence electrons. The summed E-state index contributed by atoms with van der Waals surface area (Å²) >= 11 is 0. The van der Waals surface area contributed by atoms with Gasteiger partial charge in [-0.1, -0.05) is 36.4 Å². The molecule has 0 fully saturated rings. The zero-order valence-corrected chi connectivity index (χ0v) is 14.4. The Labute approximate surface area is 146 Å². The molecule has 1 amide bonds. The number of nitrogens with one attached hydrogen (secondary N) is 1. The molecule has 0 saturated heterocycles. The summed E-state index contributed by atoms with van der Waals surface area (Å²) in [6, 6.07) is 14.8. The van der Waals surface area contributed by atoms with Gasteiger partial charge >= 0.3 is 0 Å². The van der Waals surface area contributed by atoms with Crippen molar-refractivity contribution in [3.8, 4) is 11.3 Å². The number of amides is 1. The first-order valence-corrected chi connectivity index (χ1v) is 7.97. The Bertz CT molecular complexity index is 943. The van der Waals surface area contributed by atoms with Crippen LogP contribution < -0.4 is 5.32 Å². The third-order valence-corrected chi connectivity index (χ3v) is 4.10. The van der Waals surface area contributed by atoms with Gasteiger partial charge in [0.1, 0.15) is 11.5 Å². The molecule has 0 aliphatic heterocycles. The number of ketones is 1. The van der Waals surface area contributed by atoms with Crippen LogP contribution in [-0.4, -0.2) is 21.2 Å². The highest BCUT2D eigenvalue weighted by atomic mass is 16.1. The summed E-state index contributed by atoms with van der Waals surface area (Å²) in [7, 11) is 1.82. The first-order chi connectivity index (χ1) is 12.0. The second-order valence-electron chi connectivity index (χ2n) is 5.96. The summed E-state index contributed by atoms with van der Waals surface area (Å²) in [6.45, 7) is 3.35. The number of carbonyl (C=O) groups excluding carboxylic acids is 2. The predicted octanol–water partition coefficient (Wildman–Crippen LogP) is 3.85. The molecule has 0 radical (unpaired) electrons. The van der Waals surface area contributed by atoms with Gasteiger partial charge in [-0.2, -0.15) is 0 Å². The Morgan fingerprint density at radius 3 is 2.48 bits per heavy atom. The molecular formula is C20H19N3O2. The van der Waals surface area contributed by atoms with E-state index in [4.69, 9.17) is 0 Å². The van der Waals surface area contributed by atoms with Crippen LogP contribution in [0.4, 0.5) is 5.82 Å². The lowest BCUT2D eigenvalue weighted by molar-refractivity contribution is 0.101. The number of nitrogens with zero attached hydrogens (tertiary/aromatic N) is 2. The van der Waals surface area contributed by atoms with Crippen LogP contribution in [0.2, 0.25) is 0 Å². The maximum Gasteiger partial charge on any atom is 0.256 e. The number of aromatic nitrogens is 2. The SMILES string of the molecule is CC(=O)c1cc(C(=O)Nc2c(-c3ccccc3)ncn2C)ccc1C. The minimum atomic E-state index is -0.275. The fourth-order valence-electron chi connectivity index (χ4n) is 2.71. The lowest BCUT2D eigenvalue weighted by Crippen LogP contribution is -2.15. The van der Waals surface area contributed by atoms with E-state index < -0.39 is 0 Å². The molecule has 0 aliphatic rings. The standard InChI is InChI=1S/C20H19N3O2/c1-13-9-10-16(11-17(13)14(2)24)20(25)22-19-18(21-12-23(19)3)15-7-5-4-6-8-15/h4-12H,1-3H3,(H,22,25). The molecule has 3 rings (SSSR count). The van der Waals surface area contributed by atoms with Gasteiger partial charge in [0, 0.05) is 23.7 Å². The normalized spacial score (nSPS) is 10.5. The summed E-state index contributed by atoms with van der Waals surface area (Å²) in [4.78, 5) is 28.8. The molecule has 0 spiro atoms. The third-order valence-electron chi connectivity index (χ3n) is 4.10. The van der Waals surface area contributed by atoms with Crippen molar-refractivity contribution in [2.24, 2.45) is 7.05 Å². The number of hydrogen-bond donors (Lipinski definition) is 1. The minimum Gasteiger partial charge on any atom is -0.320 e. The summed E-state index contributed by atoms with van der Waals surface area (Å²) in [5, 5.41) is 2.91. The van der Waals surface area contributed by atoms with E-state index in [1.54, 1.807) is 29.1 Å². The summed E-state index contributed by atoms with van der Waals surface area (Å²) in [5.41, 5.74) is 3.48. The molecule has 0 unspecified atom stereocenters. The van der Waals surface area contributed by atoms with E-state index in [-0.39, 0.29) is 11.7 Å². The molecule has 5 heteroatoms. The van der Waals surface area contributed by atoms with Crippen molar-refractivity contribution in [1.29, 1.82) is 0 Å². The van der Waals surface area contributed by atoms with Crippen molar-refractivity contribution >= 4 is 17.5 Å². The Kier molecular flexibility index (Phi) is 4.48. The van der Waals surface area contributed by atoms with Crippen molar-refractivity contribution in [2.45, 2.75) is 13.8 Å². The zero-order chi connectivity index (χ0) is 18.0. The van der Waals surface area contributed by atoms with Crippen LogP contribution in [0, 0.1) is 6.92 Å². The Morgan fingerprint density at radius 2 is 1.80 bits per heavy atom. The first-order valence-electron chi connectivity index (χ1n) is 7.97. The third kappa shape index (κ3) is 3.35. The van der Waals surface area contributed by atoms with Crippen molar-refractivity contribution < 1.29 is 9.59 Å². The Hall–Kier alpha value is -3.21. The molecule has 1 N–H and O–H groups in total. The number of benzene rings is 2. The zero-order valence-electron chi connectivity index (χ0n) is 14.4. The van der Waals surface area contributed by atoms with E-state index in [1.165, 1.54) is 6.92 Å². The van der Waals surface area contributed by atoms with E-state index in [9.17, 15) is 9.59 Å². The van der Waals surface area contributed by atoms with Gasteiger partial charge in [-0.05, 0) is 31.5 Å². The van der Waals surface area contributed by atoms with Gasteiger partial charge in [0.25, 0.3) is 5.91 Å². The largest absolute Gasteiger partial charge is 0.320 e. The first kappa shape index (κ1) is 16.6. The molecule has 2 aromatic carbocycles. The Morgan fingerprint density at radius 1 is 1.08 bits per heavy atom. The number of anilines is 1. The van der Waals surface area contributed by atoms with Crippen LogP contribution >= 0.6 is 0 Å². The Balaban J connectivity index is 1.94. The number of aryl methyl sites for hydroxylation is 2. The van der Waals surface area contributed by atoms with Crippen molar-refractivity contribution in [2.75, 3.05) is 5.32 Å². The minimum absolute atomic E-state index is 0.0577. The predicted molar refractivity (Wildman–Crippen MR) is 97.8 cm³/mol. The second kappa shape index (κ2) is 6.73. The number of carbonyl (C=O) groups is 2. The molecule has 0 atom stereocenters. The van der Waals surface area contributed by atoms with Gasteiger partial charge in [-0.15, -0.1) is 0 Å². The van der Waals surface area contributed by atoms with Gasteiger partial charge < -0.3 is 9.88 Å². The topological polar surface area (TPSA) is 64.0 Å². The summed E-state index contributed by atoms with van der Waals surface area (Å²) in [6.07, 6.45) is 1.66. The van der Waals surface area contributed by atoms with Gasteiger partial charge in [0.05, 0.1) is 6.33 Å². The highest BCUT2D eigenvalue weighted by molar-refractivity contribution is 6.07. The number of imidazole rings is 1. The monoisotopic (exact) mass is 333 g/mol. The number of hydrogen-bond acceptors (Lipinski definition) is 3. The highest BCUT2D eigenvalue weighted by Gasteiger charge is 2.16. The van der Waals surface area contributed by atoms with E-state index >= 15 is 0 Å². The van der Waals surface area contributed by atoms with E-state index in [2.05, 4.69) is 10.3 Å².